The Morgan fingerprint density at radius 2 is 2.10 bits per heavy atom. The zero-order valence-electron chi connectivity index (χ0n) is 12.5. The molecule has 110 valence electrons. The van der Waals surface area contributed by atoms with Crippen LogP contribution in [0.4, 0.5) is 0 Å². The number of nitrogens with zero attached hydrogens (tertiary/aromatic N) is 1. The SMILES string of the molecule is CC1(C)CCC(NC(=O)c2cn[nH]c2-c2ccccc2)C1. The second-order valence-electron chi connectivity index (χ2n) is 6.60. The molecule has 1 aromatic heterocycles. The van der Waals surface area contributed by atoms with Gasteiger partial charge in [0.05, 0.1) is 17.5 Å². The number of carbonyl (C=O) groups excluding carboxylic acids is 1. The first-order valence-electron chi connectivity index (χ1n) is 7.45. The number of hydrogen-bond acceptors (Lipinski definition) is 2. The van der Waals surface area contributed by atoms with Crippen LogP contribution in [-0.2, 0) is 0 Å². The Labute approximate surface area is 125 Å². The van der Waals surface area contributed by atoms with Gasteiger partial charge in [0.1, 0.15) is 0 Å². The van der Waals surface area contributed by atoms with E-state index in [4.69, 9.17) is 0 Å². The molecule has 1 unspecified atom stereocenters. The highest BCUT2D eigenvalue weighted by Gasteiger charge is 2.32. The van der Waals surface area contributed by atoms with E-state index < -0.39 is 0 Å². The number of nitrogens with one attached hydrogen (secondary N) is 2. The van der Waals surface area contributed by atoms with E-state index in [1.54, 1.807) is 6.20 Å². The number of H-pyrrole nitrogens is 1. The molecule has 0 aliphatic heterocycles. The van der Waals surface area contributed by atoms with Crippen molar-refractivity contribution in [1.29, 1.82) is 0 Å². The molecule has 1 amide bonds. The highest BCUT2D eigenvalue weighted by Crippen LogP contribution is 2.37. The highest BCUT2D eigenvalue weighted by atomic mass is 16.1. The molecule has 1 heterocycles. The topological polar surface area (TPSA) is 57.8 Å². The quantitative estimate of drug-likeness (QED) is 0.907. The van der Waals surface area contributed by atoms with Crippen molar-refractivity contribution in [2.45, 2.75) is 39.2 Å². The van der Waals surface area contributed by atoms with Crippen molar-refractivity contribution in [3.8, 4) is 11.3 Å². The van der Waals surface area contributed by atoms with Gasteiger partial charge in [-0.2, -0.15) is 5.10 Å². The van der Waals surface area contributed by atoms with Crippen LogP contribution in [0, 0.1) is 5.41 Å². The van der Waals surface area contributed by atoms with Gasteiger partial charge >= 0.3 is 0 Å². The molecular weight excluding hydrogens is 262 g/mol. The van der Waals surface area contributed by atoms with E-state index in [9.17, 15) is 4.79 Å². The average Bonchev–Trinajstić information content (AvgIpc) is 3.06. The molecule has 1 aliphatic carbocycles. The third-order valence-corrected chi connectivity index (χ3v) is 4.25. The fourth-order valence-corrected chi connectivity index (χ4v) is 3.11. The van der Waals surface area contributed by atoms with Crippen molar-refractivity contribution in [3.05, 3.63) is 42.1 Å². The van der Waals surface area contributed by atoms with Crippen LogP contribution in [0.3, 0.4) is 0 Å². The van der Waals surface area contributed by atoms with Gasteiger partial charge in [0.15, 0.2) is 0 Å². The van der Waals surface area contributed by atoms with Crippen molar-refractivity contribution in [2.75, 3.05) is 0 Å². The summed E-state index contributed by atoms with van der Waals surface area (Å²) in [5.74, 6) is -0.0368. The molecule has 3 rings (SSSR count). The predicted octanol–water partition coefficient (Wildman–Crippen LogP) is 3.39. The van der Waals surface area contributed by atoms with Gasteiger partial charge in [-0.25, -0.2) is 0 Å². The van der Waals surface area contributed by atoms with Crippen LogP contribution in [0.5, 0.6) is 0 Å². The highest BCUT2D eigenvalue weighted by molar-refractivity contribution is 5.99. The molecule has 4 heteroatoms. The largest absolute Gasteiger partial charge is 0.349 e. The van der Waals surface area contributed by atoms with Crippen LogP contribution in [-0.4, -0.2) is 22.1 Å². The summed E-state index contributed by atoms with van der Waals surface area (Å²) in [4.78, 5) is 12.5. The van der Waals surface area contributed by atoms with Crippen molar-refractivity contribution < 1.29 is 4.79 Å². The van der Waals surface area contributed by atoms with Crippen LogP contribution in [0.15, 0.2) is 36.5 Å². The maximum atomic E-state index is 12.5. The first-order valence-corrected chi connectivity index (χ1v) is 7.45. The zero-order valence-corrected chi connectivity index (χ0v) is 12.5. The first-order chi connectivity index (χ1) is 10.1. The summed E-state index contributed by atoms with van der Waals surface area (Å²) in [6.45, 7) is 4.51. The smallest absolute Gasteiger partial charge is 0.255 e. The first kappa shape index (κ1) is 13.9. The number of rotatable bonds is 3. The van der Waals surface area contributed by atoms with E-state index in [2.05, 4.69) is 29.4 Å². The standard InChI is InChI=1S/C17H21N3O/c1-17(2)9-8-13(10-17)19-16(21)14-11-18-20-15(14)12-6-4-3-5-7-12/h3-7,11,13H,8-10H2,1-2H3,(H,18,20)(H,19,21). The minimum Gasteiger partial charge on any atom is -0.349 e. The molecule has 2 N–H and O–H groups in total. The lowest BCUT2D eigenvalue weighted by Gasteiger charge is -2.17. The summed E-state index contributed by atoms with van der Waals surface area (Å²) in [5, 5.41) is 10.1. The number of carbonyl (C=O) groups is 1. The van der Waals surface area contributed by atoms with Crippen molar-refractivity contribution in [3.63, 3.8) is 0 Å². The lowest BCUT2D eigenvalue weighted by atomic mass is 9.92. The lowest BCUT2D eigenvalue weighted by Crippen LogP contribution is -2.33. The summed E-state index contributed by atoms with van der Waals surface area (Å²) in [7, 11) is 0. The maximum Gasteiger partial charge on any atom is 0.255 e. The predicted molar refractivity (Wildman–Crippen MR) is 82.9 cm³/mol. The normalized spacial score (nSPS) is 20.4. The molecule has 1 fully saturated rings. The van der Waals surface area contributed by atoms with Gasteiger partial charge in [-0.15, -0.1) is 0 Å². The van der Waals surface area contributed by atoms with Gasteiger partial charge in [0, 0.05) is 11.6 Å². The van der Waals surface area contributed by atoms with Gasteiger partial charge in [0.2, 0.25) is 0 Å². The lowest BCUT2D eigenvalue weighted by molar-refractivity contribution is 0.0936. The van der Waals surface area contributed by atoms with E-state index >= 15 is 0 Å². The number of amides is 1. The summed E-state index contributed by atoms with van der Waals surface area (Å²) < 4.78 is 0. The molecule has 1 atom stereocenters. The monoisotopic (exact) mass is 283 g/mol. The van der Waals surface area contributed by atoms with Crippen LogP contribution in [0.2, 0.25) is 0 Å². The summed E-state index contributed by atoms with van der Waals surface area (Å²) in [6.07, 6.45) is 4.86. The van der Waals surface area contributed by atoms with E-state index in [-0.39, 0.29) is 11.9 Å². The second kappa shape index (κ2) is 5.35. The second-order valence-corrected chi connectivity index (χ2v) is 6.60. The zero-order chi connectivity index (χ0) is 14.9. The number of aromatic amines is 1. The summed E-state index contributed by atoms with van der Waals surface area (Å²) in [6, 6.07) is 10.1. The van der Waals surface area contributed by atoms with Crippen LogP contribution in [0.25, 0.3) is 11.3 Å². The van der Waals surface area contributed by atoms with E-state index in [1.165, 1.54) is 0 Å². The number of hydrogen-bond donors (Lipinski definition) is 2. The van der Waals surface area contributed by atoms with E-state index in [0.717, 1.165) is 30.5 Å². The van der Waals surface area contributed by atoms with E-state index in [0.29, 0.717) is 11.0 Å². The van der Waals surface area contributed by atoms with Crippen LogP contribution >= 0.6 is 0 Å². The Balaban J connectivity index is 1.76. The van der Waals surface area contributed by atoms with Crippen molar-refractivity contribution in [2.24, 2.45) is 5.41 Å². The molecule has 4 nitrogen and oxygen atoms in total. The van der Waals surface area contributed by atoms with Gasteiger partial charge in [-0.05, 0) is 24.7 Å². The molecular formula is C17H21N3O. The van der Waals surface area contributed by atoms with Crippen LogP contribution in [0.1, 0.15) is 43.5 Å². The fraction of sp³-hybridized carbons (Fsp3) is 0.412. The fourth-order valence-electron chi connectivity index (χ4n) is 3.11. The van der Waals surface area contributed by atoms with Crippen LogP contribution < -0.4 is 5.32 Å². The van der Waals surface area contributed by atoms with Gasteiger partial charge in [-0.3, -0.25) is 9.89 Å². The molecule has 21 heavy (non-hydrogen) atoms. The van der Waals surface area contributed by atoms with Crippen molar-refractivity contribution >= 4 is 5.91 Å². The average molecular weight is 283 g/mol. The van der Waals surface area contributed by atoms with Gasteiger partial charge in [0.25, 0.3) is 5.91 Å². The Bertz CT molecular complexity index is 630. The molecule has 0 radical (unpaired) electrons. The summed E-state index contributed by atoms with van der Waals surface area (Å²) in [5.41, 5.74) is 2.71. The number of benzene rings is 1. The molecule has 0 bridgehead atoms. The van der Waals surface area contributed by atoms with E-state index in [1.807, 2.05) is 30.3 Å². The number of aromatic nitrogens is 2. The Kier molecular flexibility index (Phi) is 3.53. The Morgan fingerprint density at radius 3 is 2.76 bits per heavy atom. The minimum atomic E-state index is -0.0368. The molecule has 0 spiro atoms. The van der Waals surface area contributed by atoms with Gasteiger partial charge in [-0.1, -0.05) is 44.2 Å². The molecule has 0 saturated heterocycles. The van der Waals surface area contributed by atoms with Gasteiger partial charge < -0.3 is 5.32 Å². The summed E-state index contributed by atoms with van der Waals surface area (Å²) >= 11 is 0. The third kappa shape index (κ3) is 2.99. The Hall–Kier alpha value is -2.10. The molecule has 1 aromatic carbocycles. The maximum absolute atomic E-state index is 12.5. The Morgan fingerprint density at radius 1 is 1.33 bits per heavy atom. The third-order valence-electron chi connectivity index (χ3n) is 4.25. The minimum absolute atomic E-state index is 0.0368. The van der Waals surface area contributed by atoms with Crippen molar-refractivity contribution in [1.82, 2.24) is 15.5 Å². The molecule has 1 saturated carbocycles. The molecule has 2 aromatic rings. The molecule has 1 aliphatic rings.